The average Bonchev–Trinajstić information content (AvgIpc) is 3.01. The Labute approximate surface area is 178 Å². The first kappa shape index (κ1) is 18.7. The first-order valence-corrected chi connectivity index (χ1v) is 11.7. The molecule has 29 heavy (non-hydrogen) atoms. The number of H-pyrrole nitrogens is 1. The Hall–Kier alpha value is -2.31. The topological polar surface area (TPSA) is 62.1 Å². The maximum Gasteiger partial charge on any atom is 0.250 e. The highest BCUT2D eigenvalue weighted by Crippen LogP contribution is 2.51. The molecule has 5 rings (SSSR count). The summed E-state index contributed by atoms with van der Waals surface area (Å²) < 4.78 is 0. The standard InChI is InChI=1S/C23H23N3OS2/c24-15-8-9-19-21(12-15)28-20-7-5-6-17(23(20)29-19)18-13-16(14-22(27)25-18)26-10-3-1-2-4-11-26/h5-9,12-14H,1-4,10-11,24H2,(H,25,27). The highest BCUT2D eigenvalue weighted by atomic mass is 32.2. The fourth-order valence-corrected chi connectivity index (χ4v) is 6.44. The molecule has 6 heteroatoms. The van der Waals surface area contributed by atoms with Crippen molar-refractivity contribution in [1.29, 1.82) is 0 Å². The first-order valence-electron chi connectivity index (χ1n) is 10.1. The number of hydrogen-bond donors (Lipinski definition) is 2. The summed E-state index contributed by atoms with van der Waals surface area (Å²) in [6.45, 7) is 2.05. The second-order valence-corrected chi connectivity index (χ2v) is 9.70. The predicted molar refractivity (Wildman–Crippen MR) is 122 cm³/mol. The van der Waals surface area contributed by atoms with E-state index in [1.807, 2.05) is 12.1 Å². The minimum absolute atomic E-state index is 0.0408. The van der Waals surface area contributed by atoms with Crippen LogP contribution in [0, 0.1) is 0 Å². The molecule has 0 saturated carbocycles. The molecule has 1 fully saturated rings. The summed E-state index contributed by atoms with van der Waals surface area (Å²) in [7, 11) is 0. The lowest BCUT2D eigenvalue weighted by molar-refractivity contribution is 0.726. The van der Waals surface area contributed by atoms with Crippen LogP contribution in [-0.2, 0) is 0 Å². The van der Waals surface area contributed by atoms with Gasteiger partial charge in [-0.1, -0.05) is 48.5 Å². The van der Waals surface area contributed by atoms with Crippen molar-refractivity contribution < 1.29 is 0 Å². The number of nitrogens with two attached hydrogens (primary N) is 1. The van der Waals surface area contributed by atoms with Crippen LogP contribution in [-0.4, -0.2) is 18.1 Å². The van der Waals surface area contributed by atoms with Crippen LogP contribution in [0.4, 0.5) is 11.4 Å². The number of aromatic amines is 1. The van der Waals surface area contributed by atoms with E-state index in [1.165, 1.54) is 45.3 Å². The Bertz CT molecular complexity index is 1120. The van der Waals surface area contributed by atoms with Crippen molar-refractivity contribution in [2.24, 2.45) is 0 Å². The second-order valence-electron chi connectivity index (χ2n) is 7.56. The van der Waals surface area contributed by atoms with Gasteiger partial charge in [0.05, 0.1) is 5.69 Å². The van der Waals surface area contributed by atoms with Gasteiger partial charge in [0.25, 0.3) is 0 Å². The van der Waals surface area contributed by atoms with Crippen LogP contribution in [0.25, 0.3) is 11.3 Å². The van der Waals surface area contributed by atoms with E-state index in [0.29, 0.717) is 0 Å². The average molecular weight is 422 g/mol. The lowest BCUT2D eigenvalue weighted by Gasteiger charge is -2.24. The van der Waals surface area contributed by atoms with Gasteiger partial charge >= 0.3 is 0 Å². The third-order valence-electron chi connectivity index (χ3n) is 5.47. The number of nitrogen functional groups attached to an aromatic ring is 1. The lowest BCUT2D eigenvalue weighted by Crippen LogP contribution is -2.25. The zero-order valence-corrected chi connectivity index (χ0v) is 17.7. The number of nitrogens with one attached hydrogen (secondary N) is 1. The van der Waals surface area contributed by atoms with Crippen LogP contribution in [0.1, 0.15) is 25.7 Å². The quantitative estimate of drug-likeness (QED) is 0.411. The molecule has 1 aromatic heterocycles. The van der Waals surface area contributed by atoms with E-state index in [2.05, 4.69) is 40.2 Å². The number of hydrogen-bond acceptors (Lipinski definition) is 5. The predicted octanol–water partition coefficient (Wildman–Crippen LogP) is 5.62. The van der Waals surface area contributed by atoms with Crippen molar-refractivity contribution in [3.8, 4) is 11.3 Å². The van der Waals surface area contributed by atoms with Crippen molar-refractivity contribution in [2.75, 3.05) is 23.7 Å². The van der Waals surface area contributed by atoms with E-state index in [4.69, 9.17) is 5.73 Å². The molecule has 0 bridgehead atoms. The number of pyridine rings is 1. The van der Waals surface area contributed by atoms with Gasteiger partial charge < -0.3 is 15.6 Å². The van der Waals surface area contributed by atoms with Crippen LogP contribution in [0.3, 0.4) is 0 Å². The molecule has 0 spiro atoms. The number of nitrogens with zero attached hydrogens (tertiary/aromatic N) is 1. The second kappa shape index (κ2) is 7.84. The van der Waals surface area contributed by atoms with E-state index in [9.17, 15) is 4.79 Å². The van der Waals surface area contributed by atoms with E-state index >= 15 is 0 Å². The maximum atomic E-state index is 12.5. The van der Waals surface area contributed by atoms with Gasteiger partial charge in [-0.25, -0.2) is 0 Å². The van der Waals surface area contributed by atoms with Crippen molar-refractivity contribution >= 4 is 34.9 Å². The van der Waals surface area contributed by atoms with E-state index in [1.54, 1.807) is 29.6 Å². The summed E-state index contributed by atoms with van der Waals surface area (Å²) in [6, 6.07) is 16.3. The molecule has 0 unspecified atom stereocenters. The Morgan fingerprint density at radius 1 is 0.862 bits per heavy atom. The molecule has 3 aromatic rings. The maximum absolute atomic E-state index is 12.5. The Kier molecular flexibility index (Phi) is 5.06. The Morgan fingerprint density at radius 2 is 1.69 bits per heavy atom. The van der Waals surface area contributed by atoms with Crippen LogP contribution in [0.15, 0.2) is 72.9 Å². The lowest BCUT2D eigenvalue weighted by atomic mass is 10.1. The van der Waals surface area contributed by atoms with Crippen LogP contribution in [0.2, 0.25) is 0 Å². The van der Waals surface area contributed by atoms with Crippen LogP contribution < -0.4 is 16.2 Å². The smallest absolute Gasteiger partial charge is 0.250 e. The molecular weight excluding hydrogens is 398 g/mol. The van der Waals surface area contributed by atoms with Gasteiger partial charge in [0.1, 0.15) is 0 Å². The highest BCUT2D eigenvalue weighted by Gasteiger charge is 2.21. The zero-order valence-electron chi connectivity index (χ0n) is 16.1. The monoisotopic (exact) mass is 421 g/mol. The summed E-state index contributed by atoms with van der Waals surface area (Å²) >= 11 is 3.49. The minimum atomic E-state index is -0.0408. The van der Waals surface area contributed by atoms with E-state index in [-0.39, 0.29) is 5.56 Å². The zero-order chi connectivity index (χ0) is 19.8. The molecule has 0 atom stereocenters. The first-order chi connectivity index (χ1) is 14.2. The van der Waals surface area contributed by atoms with Gasteiger partial charge in [0, 0.05) is 55.7 Å². The third kappa shape index (κ3) is 3.79. The molecule has 4 nitrogen and oxygen atoms in total. The molecule has 0 radical (unpaired) electrons. The minimum Gasteiger partial charge on any atom is -0.399 e. The fraction of sp³-hybridized carbons (Fsp3) is 0.261. The van der Waals surface area contributed by atoms with Crippen molar-refractivity contribution in [1.82, 2.24) is 4.98 Å². The summed E-state index contributed by atoms with van der Waals surface area (Å²) in [4.78, 5) is 22.7. The van der Waals surface area contributed by atoms with Crippen LogP contribution >= 0.6 is 23.5 Å². The van der Waals surface area contributed by atoms with Crippen molar-refractivity contribution in [2.45, 2.75) is 45.3 Å². The number of rotatable bonds is 2. The summed E-state index contributed by atoms with van der Waals surface area (Å²) in [5.41, 5.74) is 9.72. The molecule has 148 valence electrons. The van der Waals surface area contributed by atoms with Crippen LogP contribution in [0.5, 0.6) is 0 Å². The van der Waals surface area contributed by atoms with Gasteiger partial charge in [0.2, 0.25) is 5.56 Å². The normalized spacial score (nSPS) is 16.1. The Balaban J connectivity index is 1.56. The SMILES string of the molecule is Nc1ccc2c(c1)Sc1cccc(-c3cc(N4CCCCCC4)cc(=O)[nH]3)c1S2. The molecule has 1 saturated heterocycles. The van der Waals surface area contributed by atoms with Gasteiger partial charge in [-0.2, -0.15) is 0 Å². The van der Waals surface area contributed by atoms with Gasteiger partial charge in [-0.15, -0.1) is 0 Å². The summed E-state index contributed by atoms with van der Waals surface area (Å²) in [5, 5.41) is 0. The summed E-state index contributed by atoms with van der Waals surface area (Å²) in [6.07, 6.45) is 4.93. The highest BCUT2D eigenvalue weighted by molar-refractivity contribution is 8.05. The Morgan fingerprint density at radius 3 is 2.52 bits per heavy atom. The number of aromatic nitrogens is 1. The number of anilines is 2. The molecule has 0 aliphatic carbocycles. The fourth-order valence-electron chi connectivity index (χ4n) is 4.02. The molecule has 2 aliphatic heterocycles. The number of fused-ring (bicyclic) bond motifs is 2. The number of benzene rings is 2. The van der Waals surface area contributed by atoms with Gasteiger partial charge in [-0.3, -0.25) is 4.79 Å². The summed E-state index contributed by atoms with van der Waals surface area (Å²) in [5.74, 6) is 0. The van der Waals surface area contributed by atoms with Crippen molar-refractivity contribution in [3.05, 3.63) is 58.9 Å². The molecule has 2 aliphatic rings. The molecular formula is C23H23N3OS2. The largest absolute Gasteiger partial charge is 0.399 e. The van der Waals surface area contributed by atoms with Crippen molar-refractivity contribution in [3.63, 3.8) is 0 Å². The molecule has 3 N–H and O–H groups in total. The molecule has 2 aromatic carbocycles. The van der Waals surface area contributed by atoms with E-state index in [0.717, 1.165) is 35.7 Å². The van der Waals surface area contributed by atoms with Gasteiger partial charge in [0.15, 0.2) is 0 Å². The van der Waals surface area contributed by atoms with Gasteiger partial charge in [-0.05, 0) is 43.2 Å². The molecule has 0 amide bonds. The third-order valence-corrected chi connectivity index (χ3v) is 8.07. The molecule has 3 heterocycles. The van der Waals surface area contributed by atoms with E-state index < -0.39 is 0 Å².